The fourth-order valence-electron chi connectivity index (χ4n) is 4.44. The lowest BCUT2D eigenvalue weighted by molar-refractivity contribution is -0.384. The van der Waals surface area contributed by atoms with Crippen LogP contribution in [0.2, 0.25) is 0 Å². The monoisotopic (exact) mass is 484 g/mol. The van der Waals surface area contributed by atoms with E-state index in [0.29, 0.717) is 41.1 Å². The van der Waals surface area contributed by atoms with Crippen molar-refractivity contribution in [2.75, 3.05) is 16.8 Å². The van der Waals surface area contributed by atoms with Gasteiger partial charge in [-0.2, -0.15) is 0 Å². The van der Waals surface area contributed by atoms with Crippen molar-refractivity contribution in [1.82, 2.24) is 10.3 Å². The van der Waals surface area contributed by atoms with E-state index in [-0.39, 0.29) is 22.8 Å². The summed E-state index contributed by atoms with van der Waals surface area (Å²) < 4.78 is 0. The van der Waals surface area contributed by atoms with E-state index in [2.05, 4.69) is 20.6 Å². The van der Waals surface area contributed by atoms with Crippen LogP contribution in [0.1, 0.15) is 34.0 Å². The molecular formula is C25H20N6O5. The number of nitro benzene ring substituents is 1. The number of hydrogen-bond donors (Lipinski definition) is 2. The second-order valence-electron chi connectivity index (χ2n) is 8.32. The zero-order valence-corrected chi connectivity index (χ0v) is 19.1. The molecule has 3 heterocycles. The summed E-state index contributed by atoms with van der Waals surface area (Å²) in [5, 5.41) is 16.8. The van der Waals surface area contributed by atoms with Crippen molar-refractivity contribution in [3.63, 3.8) is 0 Å². The summed E-state index contributed by atoms with van der Waals surface area (Å²) in [6, 6.07) is 13.3. The molecule has 36 heavy (non-hydrogen) atoms. The molecular weight excluding hydrogens is 464 g/mol. The molecule has 0 aliphatic carbocycles. The highest BCUT2D eigenvalue weighted by Crippen LogP contribution is 2.39. The minimum absolute atomic E-state index is 0.0964. The van der Waals surface area contributed by atoms with Crippen LogP contribution < -0.4 is 15.5 Å². The van der Waals surface area contributed by atoms with Crippen LogP contribution in [0.3, 0.4) is 0 Å². The summed E-state index contributed by atoms with van der Waals surface area (Å²) in [6.45, 7) is 1.61. The van der Waals surface area contributed by atoms with Crippen LogP contribution in [0.4, 0.5) is 17.1 Å². The van der Waals surface area contributed by atoms with Gasteiger partial charge in [-0.25, -0.2) is 4.99 Å². The maximum absolute atomic E-state index is 13.6. The zero-order chi connectivity index (χ0) is 25.4. The molecule has 1 atom stereocenters. The smallest absolute Gasteiger partial charge is 0.272 e. The van der Waals surface area contributed by atoms with E-state index < -0.39 is 22.9 Å². The molecule has 1 unspecified atom stereocenters. The molecule has 11 heteroatoms. The Morgan fingerprint density at radius 2 is 1.94 bits per heavy atom. The second kappa shape index (κ2) is 9.02. The number of amides is 3. The van der Waals surface area contributed by atoms with Gasteiger partial charge in [0.15, 0.2) is 0 Å². The number of rotatable bonds is 5. The van der Waals surface area contributed by atoms with Crippen LogP contribution in [-0.4, -0.2) is 46.1 Å². The minimum atomic E-state index is -1.30. The maximum atomic E-state index is 13.6. The van der Waals surface area contributed by atoms with Crippen molar-refractivity contribution in [3.05, 3.63) is 93.3 Å². The predicted octanol–water partition coefficient (Wildman–Crippen LogP) is 2.44. The van der Waals surface area contributed by atoms with E-state index in [1.54, 1.807) is 24.3 Å². The second-order valence-corrected chi connectivity index (χ2v) is 8.32. The fraction of sp³-hybridized carbons (Fsp3) is 0.160. The maximum Gasteiger partial charge on any atom is 0.272 e. The van der Waals surface area contributed by atoms with E-state index in [9.17, 15) is 24.5 Å². The van der Waals surface area contributed by atoms with Gasteiger partial charge in [-0.15, -0.1) is 0 Å². The summed E-state index contributed by atoms with van der Waals surface area (Å²) in [7, 11) is 0. The molecule has 0 spiro atoms. The quantitative estimate of drug-likeness (QED) is 0.420. The van der Waals surface area contributed by atoms with Crippen molar-refractivity contribution in [2.24, 2.45) is 4.99 Å². The molecule has 0 bridgehead atoms. The average molecular weight is 484 g/mol. The van der Waals surface area contributed by atoms with Gasteiger partial charge >= 0.3 is 0 Å². The lowest BCUT2D eigenvalue weighted by Crippen LogP contribution is -2.47. The number of pyridine rings is 1. The highest BCUT2D eigenvalue weighted by atomic mass is 16.6. The third kappa shape index (κ3) is 4.06. The third-order valence-electron chi connectivity index (χ3n) is 5.96. The molecule has 2 aliphatic rings. The van der Waals surface area contributed by atoms with Gasteiger partial charge in [0, 0.05) is 42.9 Å². The number of nitro groups is 1. The average Bonchev–Trinajstić information content (AvgIpc) is 3.25. The van der Waals surface area contributed by atoms with Gasteiger partial charge < -0.3 is 15.5 Å². The van der Waals surface area contributed by atoms with Gasteiger partial charge in [-0.05, 0) is 18.1 Å². The molecule has 180 valence electrons. The van der Waals surface area contributed by atoms with Crippen molar-refractivity contribution in [3.8, 4) is 0 Å². The lowest BCUT2D eigenvalue weighted by Gasteiger charge is -2.21. The number of non-ortho nitro benzene ring substituents is 1. The number of nitrogens with zero attached hydrogens (tertiary/aromatic N) is 4. The number of anilines is 2. The first-order valence-corrected chi connectivity index (χ1v) is 11.1. The van der Waals surface area contributed by atoms with Crippen LogP contribution >= 0.6 is 0 Å². The van der Waals surface area contributed by atoms with Crippen molar-refractivity contribution >= 4 is 40.5 Å². The molecule has 0 fully saturated rings. The Kier molecular flexibility index (Phi) is 5.72. The molecule has 5 rings (SSSR count). The van der Waals surface area contributed by atoms with Crippen LogP contribution in [0, 0.1) is 10.1 Å². The third-order valence-corrected chi connectivity index (χ3v) is 5.96. The molecule has 0 radical (unpaired) electrons. The van der Waals surface area contributed by atoms with Gasteiger partial charge in [-0.1, -0.05) is 30.3 Å². The zero-order valence-electron chi connectivity index (χ0n) is 19.1. The molecule has 0 saturated carbocycles. The largest absolute Gasteiger partial charge is 0.324 e. The molecule has 2 aromatic carbocycles. The van der Waals surface area contributed by atoms with Crippen molar-refractivity contribution in [1.29, 1.82) is 0 Å². The summed E-state index contributed by atoms with van der Waals surface area (Å²) in [4.78, 5) is 59.6. The number of nitrogens with one attached hydrogen (secondary N) is 2. The molecule has 11 nitrogen and oxygen atoms in total. The first kappa shape index (κ1) is 22.8. The Balaban J connectivity index is 1.62. The van der Waals surface area contributed by atoms with Crippen molar-refractivity contribution in [2.45, 2.75) is 19.5 Å². The summed E-state index contributed by atoms with van der Waals surface area (Å²) in [5.41, 5.74) is 2.90. The normalized spacial score (nSPS) is 16.0. The number of aromatic nitrogens is 1. The van der Waals surface area contributed by atoms with E-state index >= 15 is 0 Å². The number of hydrogen-bond acceptors (Lipinski definition) is 7. The Labute approximate surface area is 205 Å². The van der Waals surface area contributed by atoms with Gasteiger partial charge in [-0.3, -0.25) is 29.5 Å². The first-order valence-electron chi connectivity index (χ1n) is 11.1. The Hall–Kier alpha value is -4.93. The van der Waals surface area contributed by atoms with Gasteiger partial charge in [0.1, 0.15) is 0 Å². The fourth-order valence-corrected chi connectivity index (χ4v) is 4.44. The molecule has 3 aromatic rings. The van der Waals surface area contributed by atoms with Crippen molar-refractivity contribution < 1.29 is 19.3 Å². The minimum Gasteiger partial charge on any atom is -0.324 e. The van der Waals surface area contributed by atoms with E-state index in [0.717, 1.165) is 0 Å². The number of carbonyl (C=O) groups is 3. The van der Waals surface area contributed by atoms with Crippen LogP contribution in [0.15, 0.2) is 65.9 Å². The van der Waals surface area contributed by atoms with Crippen LogP contribution in [-0.2, 0) is 16.0 Å². The van der Waals surface area contributed by atoms with Crippen LogP contribution in [0.25, 0.3) is 0 Å². The number of aliphatic imine (C=N–C) groups is 1. The first-order chi connectivity index (χ1) is 17.3. The Morgan fingerprint density at radius 1 is 1.17 bits per heavy atom. The van der Waals surface area contributed by atoms with Gasteiger partial charge in [0.2, 0.25) is 12.1 Å². The highest BCUT2D eigenvalue weighted by Gasteiger charge is 2.38. The highest BCUT2D eigenvalue weighted by molar-refractivity contribution is 6.21. The molecule has 3 amide bonds. The van der Waals surface area contributed by atoms with E-state index in [1.165, 1.54) is 42.4 Å². The number of benzene rings is 2. The van der Waals surface area contributed by atoms with E-state index in [4.69, 9.17) is 0 Å². The lowest BCUT2D eigenvalue weighted by atomic mass is 9.97. The van der Waals surface area contributed by atoms with Gasteiger partial charge in [0.05, 0.1) is 33.8 Å². The molecule has 2 aliphatic heterocycles. The standard InChI is InChI=1S/C25H20N6O5/c1-14(32)27-20-13-26-9-7-18(20)24(33)29-23-25(34)30-10-8-16-11-17(31(35)36)12-19(22(16)30)21(28-23)15-5-3-2-4-6-15/h2-7,9,11-13,23H,8,10H2,1H3,(H,27,32)(H,29,33). The van der Waals surface area contributed by atoms with Gasteiger partial charge in [0.25, 0.3) is 17.5 Å². The number of carbonyl (C=O) groups excluding carboxylic acids is 3. The van der Waals surface area contributed by atoms with Crippen LogP contribution in [0.5, 0.6) is 0 Å². The Bertz CT molecular complexity index is 1450. The topological polar surface area (TPSA) is 147 Å². The van der Waals surface area contributed by atoms with E-state index in [1.807, 2.05) is 6.07 Å². The summed E-state index contributed by atoms with van der Waals surface area (Å²) >= 11 is 0. The Morgan fingerprint density at radius 3 is 2.67 bits per heavy atom. The summed E-state index contributed by atoms with van der Waals surface area (Å²) in [6.07, 6.45) is 1.87. The molecule has 0 saturated heterocycles. The SMILES string of the molecule is CC(=O)Nc1cnccc1C(=O)NC1N=C(c2ccccc2)c2cc([N+](=O)[O-])cc3c2N(CC3)C1=O. The summed E-state index contributed by atoms with van der Waals surface area (Å²) in [5.74, 6) is -1.47. The molecule has 1 aromatic heterocycles. The molecule has 2 N–H and O–H groups in total. The predicted molar refractivity (Wildman–Crippen MR) is 131 cm³/mol.